The van der Waals surface area contributed by atoms with Crippen LogP contribution < -0.4 is 4.90 Å². The van der Waals surface area contributed by atoms with Crippen molar-refractivity contribution in [2.45, 2.75) is 31.6 Å². The molecule has 1 aromatic heterocycles. The van der Waals surface area contributed by atoms with Gasteiger partial charge in [-0.25, -0.2) is 14.4 Å². The topological polar surface area (TPSA) is 29.0 Å². The summed E-state index contributed by atoms with van der Waals surface area (Å²) in [5, 5.41) is 0.225. The molecule has 122 valence electrons. The molecular formula is C15H12ClF4N3. The molecule has 0 amide bonds. The lowest BCUT2D eigenvalue weighted by Gasteiger charge is -2.23. The highest BCUT2D eigenvalue weighted by Crippen LogP contribution is 2.34. The van der Waals surface area contributed by atoms with E-state index < -0.39 is 17.7 Å². The Kier molecular flexibility index (Phi) is 4.14. The molecule has 0 aliphatic heterocycles. The lowest BCUT2D eigenvalue weighted by atomic mass is 10.2. The van der Waals surface area contributed by atoms with Crippen LogP contribution in [0.1, 0.15) is 24.1 Å². The highest BCUT2D eigenvalue weighted by molar-refractivity contribution is 6.31. The molecule has 0 unspecified atom stereocenters. The number of benzene rings is 1. The van der Waals surface area contributed by atoms with E-state index in [4.69, 9.17) is 11.6 Å². The largest absolute Gasteiger partial charge is 0.433 e. The fourth-order valence-electron chi connectivity index (χ4n) is 2.25. The molecule has 0 atom stereocenters. The van der Waals surface area contributed by atoms with Gasteiger partial charge >= 0.3 is 6.18 Å². The predicted molar refractivity (Wildman–Crippen MR) is 77.6 cm³/mol. The van der Waals surface area contributed by atoms with Crippen molar-refractivity contribution < 1.29 is 17.6 Å². The molecule has 1 aliphatic rings. The van der Waals surface area contributed by atoms with Gasteiger partial charge in [-0.2, -0.15) is 13.2 Å². The first-order valence-corrected chi connectivity index (χ1v) is 7.34. The Labute approximate surface area is 134 Å². The van der Waals surface area contributed by atoms with Gasteiger partial charge in [-0.1, -0.05) is 17.7 Å². The van der Waals surface area contributed by atoms with Crippen LogP contribution in [0, 0.1) is 5.82 Å². The molecule has 3 nitrogen and oxygen atoms in total. The van der Waals surface area contributed by atoms with Crippen LogP contribution >= 0.6 is 11.6 Å². The molecule has 1 saturated carbocycles. The average molecular weight is 346 g/mol. The van der Waals surface area contributed by atoms with Crippen molar-refractivity contribution in [3.05, 3.63) is 52.6 Å². The summed E-state index contributed by atoms with van der Waals surface area (Å²) in [6.07, 6.45) is -1.90. The van der Waals surface area contributed by atoms with E-state index in [9.17, 15) is 17.6 Å². The number of hydrogen-bond acceptors (Lipinski definition) is 3. The van der Waals surface area contributed by atoms with Crippen LogP contribution in [0.4, 0.5) is 23.5 Å². The van der Waals surface area contributed by atoms with Gasteiger partial charge < -0.3 is 4.90 Å². The Morgan fingerprint density at radius 2 is 1.96 bits per heavy atom. The van der Waals surface area contributed by atoms with E-state index in [2.05, 4.69) is 9.97 Å². The van der Waals surface area contributed by atoms with Gasteiger partial charge in [0.05, 0.1) is 6.54 Å². The summed E-state index contributed by atoms with van der Waals surface area (Å²) < 4.78 is 52.4. The number of hydrogen-bond donors (Lipinski definition) is 0. The summed E-state index contributed by atoms with van der Waals surface area (Å²) in [7, 11) is 0. The summed E-state index contributed by atoms with van der Waals surface area (Å²) >= 11 is 6.00. The molecule has 0 bridgehead atoms. The molecule has 1 heterocycles. The first-order valence-electron chi connectivity index (χ1n) is 6.96. The summed E-state index contributed by atoms with van der Waals surface area (Å²) in [4.78, 5) is 9.07. The highest BCUT2D eigenvalue weighted by atomic mass is 35.5. The molecule has 1 aliphatic carbocycles. The van der Waals surface area contributed by atoms with Crippen LogP contribution in [0.5, 0.6) is 0 Å². The molecule has 3 rings (SSSR count). The molecule has 2 aromatic rings. The number of nitrogens with zero attached hydrogens (tertiary/aromatic N) is 3. The van der Waals surface area contributed by atoms with E-state index in [1.54, 1.807) is 4.90 Å². The standard InChI is InChI=1S/C15H12ClF4N3/c16-11-2-1-3-12(17)10(11)8-23(9-4-5-9)14-21-7-6-13(22-14)15(18,19)20/h1-3,6-7,9H,4-5,8H2. The smallest absolute Gasteiger partial charge is 0.333 e. The SMILES string of the molecule is Fc1cccc(Cl)c1CN(c1nccc(C(F)(F)F)n1)C1CC1. The number of rotatable bonds is 4. The van der Waals surface area contributed by atoms with E-state index in [-0.39, 0.29) is 29.1 Å². The minimum atomic E-state index is -4.55. The average Bonchev–Trinajstić information content (AvgIpc) is 3.31. The number of aromatic nitrogens is 2. The van der Waals surface area contributed by atoms with Gasteiger partial charge in [0.15, 0.2) is 0 Å². The van der Waals surface area contributed by atoms with Crippen LogP contribution in [-0.4, -0.2) is 16.0 Å². The van der Waals surface area contributed by atoms with Crippen LogP contribution in [0.2, 0.25) is 5.02 Å². The summed E-state index contributed by atoms with van der Waals surface area (Å²) in [5.74, 6) is -0.572. The van der Waals surface area contributed by atoms with Crippen molar-refractivity contribution in [3.63, 3.8) is 0 Å². The van der Waals surface area contributed by atoms with E-state index in [1.165, 1.54) is 18.2 Å². The zero-order chi connectivity index (χ0) is 16.6. The van der Waals surface area contributed by atoms with Crippen molar-refractivity contribution in [3.8, 4) is 0 Å². The fourth-order valence-corrected chi connectivity index (χ4v) is 2.47. The third kappa shape index (κ3) is 3.55. The molecule has 1 fully saturated rings. The number of alkyl halides is 3. The van der Waals surface area contributed by atoms with Crippen molar-refractivity contribution in [2.24, 2.45) is 0 Å². The third-order valence-corrected chi connectivity index (χ3v) is 3.92. The van der Waals surface area contributed by atoms with E-state index >= 15 is 0 Å². The second-order valence-corrected chi connectivity index (χ2v) is 5.71. The summed E-state index contributed by atoms with van der Waals surface area (Å²) in [6.45, 7) is 0.0253. The maximum absolute atomic E-state index is 13.9. The second-order valence-electron chi connectivity index (χ2n) is 5.30. The molecule has 8 heteroatoms. The molecule has 0 spiro atoms. The number of anilines is 1. The molecule has 0 radical (unpaired) electrons. The maximum atomic E-state index is 13.9. The van der Waals surface area contributed by atoms with Crippen LogP contribution in [0.3, 0.4) is 0 Å². The zero-order valence-electron chi connectivity index (χ0n) is 11.8. The third-order valence-electron chi connectivity index (χ3n) is 3.57. The van der Waals surface area contributed by atoms with Crippen LogP contribution in [0.25, 0.3) is 0 Å². The van der Waals surface area contributed by atoms with Gasteiger partial charge in [0, 0.05) is 22.8 Å². The Morgan fingerprint density at radius 3 is 2.57 bits per heavy atom. The van der Waals surface area contributed by atoms with Gasteiger partial charge in [-0.05, 0) is 31.0 Å². The van der Waals surface area contributed by atoms with Crippen molar-refractivity contribution >= 4 is 17.5 Å². The van der Waals surface area contributed by atoms with Crippen LogP contribution in [-0.2, 0) is 12.7 Å². The molecule has 23 heavy (non-hydrogen) atoms. The summed E-state index contributed by atoms with van der Waals surface area (Å²) in [6, 6.07) is 5.08. The predicted octanol–water partition coefficient (Wildman–Crippen LogP) is 4.46. The van der Waals surface area contributed by atoms with Gasteiger partial charge in [-0.3, -0.25) is 0 Å². The lowest BCUT2D eigenvalue weighted by molar-refractivity contribution is -0.141. The Hall–Kier alpha value is -1.89. The van der Waals surface area contributed by atoms with Crippen LogP contribution in [0.15, 0.2) is 30.5 Å². The maximum Gasteiger partial charge on any atom is 0.433 e. The van der Waals surface area contributed by atoms with Crippen molar-refractivity contribution in [1.29, 1.82) is 0 Å². The van der Waals surface area contributed by atoms with E-state index in [0.29, 0.717) is 0 Å². The molecule has 1 aromatic carbocycles. The first-order chi connectivity index (χ1) is 10.9. The Bertz CT molecular complexity index is 696. The molecular weight excluding hydrogens is 334 g/mol. The first kappa shape index (κ1) is 16.0. The van der Waals surface area contributed by atoms with Gasteiger partial charge in [0.2, 0.25) is 5.95 Å². The van der Waals surface area contributed by atoms with E-state index in [1.807, 2.05) is 0 Å². The molecule has 0 saturated heterocycles. The van der Waals surface area contributed by atoms with Gasteiger partial charge in [0.25, 0.3) is 0 Å². The van der Waals surface area contributed by atoms with Gasteiger partial charge in [0.1, 0.15) is 11.5 Å². The lowest BCUT2D eigenvalue weighted by Crippen LogP contribution is -2.28. The quantitative estimate of drug-likeness (QED) is 0.766. The Balaban J connectivity index is 1.94. The van der Waals surface area contributed by atoms with Crippen molar-refractivity contribution in [1.82, 2.24) is 9.97 Å². The van der Waals surface area contributed by atoms with Gasteiger partial charge in [-0.15, -0.1) is 0 Å². The second kappa shape index (κ2) is 5.96. The van der Waals surface area contributed by atoms with E-state index in [0.717, 1.165) is 25.1 Å². The summed E-state index contributed by atoms with van der Waals surface area (Å²) in [5.41, 5.74) is -0.796. The van der Waals surface area contributed by atoms with Crippen molar-refractivity contribution in [2.75, 3.05) is 4.90 Å². The fraction of sp³-hybridized carbons (Fsp3) is 0.333. The minimum Gasteiger partial charge on any atom is -0.333 e. The normalized spacial score (nSPS) is 14.8. The minimum absolute atomic E-state index is 0.00541. The monoisotopic (exact) mass is 345 g/mol. The number of halogens is 5. The molecule has 0 N–H and O–H groups in total. The highest BCUT2D eigenvalue weighted by Gasteiger charge is 2.36. The zero-order valence-corrected chi connectivity index (χ0v) is 12.6. The Morgan fingerprint density at radius 1 is 1.22 bits per heavy atom.